The van der Waals surface area contributed by atoms with Gasteiger partial charge in [0.2, 0.25) is 5.91 Å². The van der Waals surface area contributed by atoms with E-state index >= 15 is 0 Å². The molecule has 0 spiro atoms. The zero-order valence-corrected chi connectivity index (χ0v) is 14.1. The van der Waals surface area contributed by atoms with Crippen molar-refractivity contribution in [1.82, 2.24) is 4.90 Å². The summed E-state index contributed by atoms with van der Waals surface area (Å²) >= 11 is 0. The zero-order valence-electron chi connectivity index (χ0n) is 14.1. The number of amides is 1. The number of aryl methyl sites for hydroxylation is 3. The Balaban J connectivity index is 1.92. The van der Waals surface area contributed by atoms with Gasteiger partial charge in [0.15, 0.2) is 0 Å². The van der Waals surface area contributed by atoms with Gasteiger partial charge in [-0.2, -0.15) is 0 Å². The second kappa shape index (κ2) is 7.38. The third-order valence-corrected chi connectivity index (χ3v) is 3.81. The highest BCUT2D eigenvalue weighted by Crippen LogP contribution is 2.14. The van der Waals surface area contributed by atoms with Crippen LogP contribution in [0.5, 0.6) is 0 Å². The average molecular weight is 314 g/mol. The summed E-state index contributed by atoms with van der Waals surface area (Å²) in [4.78, 5) is 14.0. The standard InChI is InChI=1S/C19H23FN2O/c1-13-5-7-16(15(3)9-13)11-22(4)12-19(23)21-17-8-6-14(2)18(20)10-17/h5-10H,11-12H2,1-4H3,(H,21,23). The van der Waals surface area contributed by atoms with Crippen molar-refractivity contribution in [3.63, 3.8) is 0 Å². The molecule has 2 rings (SSSR count). The molecule has 1 amide bonds. The maximum atomic E-state index is 13.5. The molecule has 4 heteroatoms. The van der Waals surface area contributed by atoms with E-state index in [0.29, 0.717) is 17.8 Å². The lowest BCUT2D eigenvalue weighted by molar-refractivity contribution is -0.117. The molecule has 0 bridgehead atoms. The monoisotopic (exact) mass is 314 g/mol. The maximum absolute atomic E-state index is 13.5. The van der Waals surface area contributed by atoms with Gasteiger partial charge in [-0.3, -0.25) is 9.69 Å². The molecule has 0 fully saturated rings. The molecule has 0 saturated heterocycles. The molecule has 0 aliphatic carbocycles. The molecule has 122 valence electrons. The van der Waals surface area contributed by atoms with Gasteiger partial charge in [0.05, 0.1) is 6.54 Å². The predicted molar refractivity (Wildman–Crippen MR) is 92.0 cm³/mol. The van der Waals surface area contributed by atoms with E-state index in [1.807, 2.05) is 11.9 Å². The molecular weight excluding hydrogens is 291 g/mol. The van der Waals surface area contributed by atoms with Gasteiger partial charge in [-0.15, -0.1) is 0 Å². The van der Waals surface area contributed by atoms with Crippen molar-refractivity contribution in [2.75, 3.05) is 18.9 Å². The molecule has 2 aromatic carbocycles. The predicted octanol–water partition coefficient (Wildman–Crippen LogP) is 3.82. The Kier molecular flexibility index (Phi) is 5.50. The highest BCUT2D eigenvalue weighted by Gasteiger charge is 2.10. The summed E-state index contributed by atoms with van der Waals surface area (Å²) in [5, 5.41) is 2.73. The maximum Gasteiger partial charge on any atom is 0.238 e. The van der Waals surface area contributed by atoms with Crippen molar-refractivity contribution < 1.29 is 9.18 Å². The first-order valence-electron chi connectivity index (χ1n) is 7.66. The highest BCUT2D eigenvalue weighted by atomic mass is 19.1. The second-order valence-corrected chi connectivity index (χ2v) is 6.11. The summed E-state index contributed by atoms with van der Waals surface area (Å²) in [6.07, 6.45) is 0. The molecule has 2 aromatic rings. The number of carbonyl (C=O) groups is 1. The lowest BCUT2D eigenvalue weighted by Crippen LogP contribution is -2.30. The molecule has 0 atom stereocenters. The first-order valence-corrected chi connectivity index (χ1v) is 7.66. The number of anilines is 1. The molecule has 0 saturated carbocycles. The van der Waals surface area contributed by atoms with Gasteiger partial charge in [-0.05, 0) is 56.6 Å². The topological polar surface area (TPSA) is 32.3 Å². The highest BCUT2D eigenvalue weighted by molar-refractivity contribution is 5.92. The number of nitrogens with one attached hydrogen (secondary N) is 1. The molecule has 0 heterocycles. The van der Waals surface area contributed by atoms with Crippen LogP contribution in [0.15, 0.2) is 36.4 Å². The fourth-order valence-electron chi connectivity index (χ4n) is 2.49. The van der Waals surface area contributed by atoms with Crippen LogP contribution in [0.3, 0.4) is 0 Å². The van der Waals surface area contributed by atoms with E-state index in [4.69, 9.17) is 0 Å². The summed E-state index contributed by atoms with van der Waals surface area (Å²) in [6.45, 7) is 6.78. The van der Waals surface area contributed by atoms with E-state index in [1.54, 1.807) is 19.1 Å². The lowest BCUT2D eigenvalue weighted by Gasteiger charge is -2.18. The summed E-state index contributed by atoms with van der Waals surface area (Å²) in [6, 6.07) is 11.0. The molecule has 0 unspecified atom stereocenters. The van der Waals surface area contributed by atoms with Gasteiger partial charge in [0, 0.05) is 12.2 Å². The van der Waals surface area contributed by atoms with Crippen molar-refractivity contribution in [2.45, 2.75) is 27.3 Å². The normalized spacial score (nSPS) is 10.9. The van der Waals surface area contributed by atoms with Crippen LogP contribution < -0.4 is 5.32 Å². The third kappa shape index (κ3) is 4.89. The summed E-state index contributed by atoms with van der Waals surface area (Å²) in [5.74, 6) is -0.466. The number of likely N-dealkylation sites (N-methyl/N-ethyl adjacent to an activating group) is 1. The Morgan fingerprint density at radius 2 is 1.83 bits per heavy atom. The molecule has 3 nitrogen and oxygen atoms in total. The van der Waals surface area contributed by atoms with Gasteiger partial charge in [0.1, 0.15) is 5.82 Å². The smallest absolute Gasteiger partial charge is 0.238 e. The van der Waals surface area contributed by atoms with Crippen LogP contribution in [0.25, 0.3) is 0 Å². The number of halogens is 1. The van der Waals surface area contributed by atoms with Crippen molar-refractivity contribution in [2.24, 2.45) is 0 Å². The van der Waals surface area contributed by atoms with Crippen LogP contribution in [-0.4, -0.2) is 24.4 Å². The molecule has 1 N–H and O–H groups in total. The first kappa shape index (κ1) is 17.2. The molecular formula is C19H23FN2O. The largest absolute Gasteiger partial charge is 0.325 e. The van der Waals surface area contributed by atoms with Gasteiger partial charge >= 0.3 is 0 Å². The molecule has 0 aliphatic heterocycles. The zero-order chi connectivity index (χ0) is 17.0. The summed E-state index contributed by atoms with van der Waals surface area (Å²) in [7, 11) is 1.90. The minimum atomic E-state index is -0.313. The van der Waals surface area contributed by atoms with E-state index < -0.39 is 0 Å². The van der Waals surface area contributed by atoms with E-state index in [0.717, 1.165) is 0 Å². The van der Waals surface area contributed by atoms with E-state index in [-0.39, 0.29) is 18.3 Å². The van der Waals surface area contributed by atoms with Crippen LogP contribution >= 0.6 is 0 Å². The second-order valence-electron chi connectivity index (χ2n) is 6.11. The SMILES string of the molecule is Cc1ccc(CN(C)CC(=O)Nc2ccc(C)c(F)c2)c(C)c1. The quantitative estimate of drug-likeness (QED) is 0.910. The van der Waals surface area contributed by atoms with Crippen molar-refractivity contribution in [3.8, 4) is 0 Å². The van der Waals surface area contributed by atoms with Crippen molar-refractivity contribution in [3.05, 3.63) is 64.5 Å². The van der Waals surface area contributed by atoms with Gasteiger partial charge in [-0.25, -0.2) is 4.39 Å². The van der Waals surface area contributed by atoms with Crippen molar-refractivity contribution in [1.29, 1.82) is 0 Å². The van der Waals surface area contributed by atoms with E-state index in [2.05, 4.69) is 37.4 Å². The van der Waals surface area contributed by atoms with Crippen LogP contribution in [0.4, 0.5) is 10.1 Å². The third-order valence-electron chi connectivity index (χ3n) is 3.81. The molecule has 0 aliphatic rings. The van der Waals surface area contributed by atoms with Crippen LogP contribution in [-0.2, 0) is 11.3 Å². The number of hydrogen-bond acceptors (Lipinski definition) is 2. The van der Waals surface area contributed by atoms with Crippen molar-refractivity contribution >= 4 is 11.6 Å². The summed E-state index contributed by atoms with van der Waals surface area (Å²) < 4.78 is 13.5. The Bertz CT molecular complexity index is 713. The Labute approximate surface area is 137 Å². The Hall–Kier alpha value is -2.20. The van der Waals surface area contributed by atoms with Gasteiger partial charge in [0.25, 0.3) is 0 Å². The van der Waals surface area contributed by atoms with E-state index in [1.165, 1.54) is 22.8 Å². The van der Waals surface area contributed by atoms with Gasteiger partial charge in [-0.1, -0.05) is 29.8 Å². The molecule has 23 heavy (non-hydrogen) atoms. The molecule has 0 aromatic heterocycles. The Morgan fingerprint density at radius 1 is 1.09 bits per heavy atom. The number of rotatable bonds is 5. The van der Waals surface area contributed by atoms with Crippen LogP contribution in [0, 0.1) is 26.6 Å². The first-order chi connectivity index (χ1) is 10.8. The van der Waals surface area contributed by atoms with E-state index in [9.17, 15) is 9.18 Å². The van der Waals surface area contributed by atoms with Gasteiger partial charge < -0.3 is 5.32 Å². The molecule has 0 radical (unpaired) electrons. The minimum Gasteiger partial charge on any atom is -0.325 e. The fraction of sp³-hybridized carbons (Fsp3) is 0.316. The van der Waals surface area contributed by atoms with Crippen LogP contribution in [0.2, 0.25) is 0 Å². The fourth-order valence-corrected chi connectivity index (χ4v) is 2.49. The Morgan fingerprint density at radius 3 is 2.48 bits per heavy atom. The minimum absolute atomic E-state index is 0.152. The number of hydrogen-bond donors (Lipinski definition) is 1. The number of nitrogens with zero attached hydrogens (tertiary/aromatic N) is 1. The van der Waals surface area contributed by atoms with Crippen LogP contribution in [0.1, 0.15) is 22.3 Å². The lowest BCUT2D eigenvalue weighted by atomic mass is 10.1. The number of carbonyl (C=O) groups excluding carboxylic acids is 1. The summed E-state index contributed by atoms with van der Waals surface area (Å²) in [5.41, 5.74) is 4.70. The average Bonchev–Trinajstić information content (AvgIpc) is 2.46. The number of benzene rings is 2.